The van der Waals surface area contributed by atoms with E-state index >= 15 is 0 Å². The van der Waals surface area contributed by atoms with Crippen LogP contribution >= 0.6 is 0 Å². The van der Waals surface area contributed by atoms with Crippen molar-refractivity contribution in [2.24, 2.45) is 11.8 Å². The molecule has 0 saturated heterocycles. The highest BCUT2D eigenvalue weighted by Gasteiger charge is 2.26. The number of methoxy groups -OCH3 is 1. The van der Waals surface area contributed by atoms with Gasteiger partial charge in [-0.15, -0.1) is 0 Å². The summed E-state index contributed by atoms with van der Waals surface area (Å²) in [5, 5.41) is 3.11. The average Bonchev–Trinajstić information content (AvgIpc) is 3.37. The molecule has 1 aliphatic carbocycles. The van der Waals surface area contributed by atoms with Crippen LogP contribution in [0.25, 0.3) is 0 Å². The lowest BCUT2D eigenvalue weighted by atomic mass is 10.0. The normalized spacial score (nSPS) is 14.7. The van der Waals surface area contributed by atoms with Crippen molar-refractivity contribution in [1.29, 1.82) is 0 Å². The highest BCUT2D eigenvalue weighted by molar-refractivity contribution is 5.95. The van der Waals surface area contributed by atoms with Gasteiger partial charge in [-0.05, 0) is 73.7 Å². The van der Waals surface area contributed by atoms with Crippen LogP contribution in [0.5, 0.6) is 5.75 Å². The summed E-state index contributed by atoms with van der Waals surface area (Å²) >= 11 is 0. The van der Waals surface area contributed by atoms with Gasteiger partial charge >= 0.3 is 0 Å². The first-order valence-corrected chi connectivity index (χ1v) is 12.3. The summed E-state index contributed by atoms with van der Waals surface area (Å²) in [6.45, 7) is 6.80. The molecule has 1 saturated carbocycles. The average molecular weight is 466 g/mol. The quantitative estimate of drug-likeness (QED) is 0.525. The molecule has 0 radical (unpaired) electrons. The highest BCUT2D eigenvalue weighted by Crippen LogP contribution is 2.30. The Bertz CT molecular complexity index is 979. The number of nitrogens with zero attached hydrogens (tertiary/aromatic N) is 2. The molecule has 34 heavy (non-hydrogen) atoms. The number of nitrogens with one attached hydrogen (secondary N) is 1. The number of anilines is 2. The Morgan fingerprint density at radius 1 is 1.03 bits per heavy atom. The summed E-state index contributed by atoms with van der Waals surface area (Å²) in [5.41, 5.74) is 3.45. The molecule has 1 N–H and O–H groups in total. The van der Waals surface area contributed by atoms with Gasteiger partial charge in [0.2, 0.25) is 5.91 Å². The van der Waals surface area contributed by atoms with E-state index in [0.717, 1.165) is 48.4 Å². The number of amides is 2. The van der Waals surface area contributed by atoms with Gasteiger partial charge in [0.15, 0.2) is 0 Å². The van der Waals surface area contributed by atoms with E-state index in [1.54, 1.807) is 7.11 Å². The third-order valence-corrected chi connectivity index (χ3v) is 6.95. The van der Waals surface area contributed by atoms with Crippen molar-refractivity contribution in [1.82, 2.24) is 4.90 Å². The number of rotatable bonds is 9. The lowest BCUT2D eigenvalue weighted by Gasteiger charge is -2.33. The summed E-state index contributed by atoms with van der Waals surface area (Å²) < 4.78 is 5.25. The van der Waals surface area contributed by atoms with Crippen LogP contribution in [0, 0.1) is 11.8 Å². The second-order valence-electron chi connectivity index (χ2n) is 9.85. The van der Waals surface area contributed by atoms with Crippen molar-refractivity contribution in [2.45, 2.75) is 59.0 Å². The molecule has 0 aromatic heterocycles. The van der Waals surface area contributed by atoms with E-state index in [0.29, 0.717) is 12.1 Å². The van der Waals surface area contributed by atoms with Crippen molar-refractivity contribution in [3.8, 4) is 5.75 Å². The van der Waals surface area contributed by atoms with E-state index in [-0.39, 0.29) is 29.7 Å². The summed E-state index contributed by atoms with van der Waals surface area (Å²) in [4.78, 5) is 30.3. The van der Waals surface area contributed by atoms with Gasteiger partial charge in [-0.3, -0.25) is 9.59 Å². The Morgan fingerprint density at radius 3 is 2.24 bits per heavy atom. The molecule has 6 heteroatoms. The number of ether oxygens (including phenoxy) is 1. The number of carbonyl (C=O) groups excluding carboxylic acids is 2. The third-order valence-electron chi connectivity index (χ3n) is 6.95. The Morgan fingerprint density at radius 2 is 1.68 bits per heavy atom. The molecule has 1 aliphatic rings. The molecule has 2 aromatic carbocycles. The van der Waals surface area contributed by atoms with Crippen molar-refractivity contribution < 1.29 is 14.3 Å². The number of hydrogen-bond donors (Lipinski definition) is 1. The molecule has 0 spiro atoms. The maximum Gasteiger partial charge on any atom is 0.254 e. The molecule has 2 amide bonds. The van der Waals surface area contributed by atoms with Crippen LogP contribution in [0.2, 0.25) is 0 Å². The van der Waals surface area contributed by atoms with E-state index in [2.05, 4.69) is 26.1 Å². The van der Waals surface area contributed by atoms with E-state index in [1.165, 1.54) is 0 Å². The van der Waals surface area contributed by atoms with Gasteiger partial charge in [-0.1, -0.05) is 26.7 Å². The topological polar surface area (TPSA) is 61.9 Å². The van der Waals surface area contributed by atoms with Gasteiger partial charge < -0.3 is 19.9 Å². The number of carbonyl (C=O) groups is 2. The molecule has 0 heterocycles. The van der Waals surface area contributed by atoms with Crippen LogP contribution in [0.3, 0.4) is 0 Å². The fourth-order valence-electron chi connectivity index (χ4n) is 4.50. The lowest BCUT2D eigenvalue weighted by molar-refractivity contribution is -0.119. The summed E-state index contributed by atoms with van der Waals surface area (Å²) in [6, 6.07) is 13.3. The minimum atomic E-state index is -0.0195. The molecule has 6 nitrogen and oxygen atoms in total. The van der Waals surface area contributed by atoms with Crippen LogP contribution in [0.1, 0.15) is 62.4 Å². The van der Waals surface area contributed by atoms with Gasteiger partial charge in [0, 0.05) is 49.5 Å². The van der Waals surface area contributed by atoms with Gasteiger partial charge in [0.1, 0.15) is 5.75 Å². The molecule has 3 rings (SSSR count). The van der Waals surface area contributed by atoms with Gasteiger partial charge in [0.05, 0.1) is 7.11 Å². The number of benzene rings is 2. The first kappa shape index (κ1) is 25.6. The fourth-order valence-corrected chi connectivity index (χ4v) is 4.50. The molecule has 1 fully saturated rings. The van der Waals surface area contributed by atoms with Crippen molar-refractivity contribution >= 4 is 23.2 Å². The summed E-state index contributed by atoms with van der Waals surface area (Å²) in [7, 11) is 5.61. The molecule has 0 bridgehead atoms. The largest absolute Gasteiger partial charge is 0.497 e. The van der Waals surface area contributed by atoms with Crippen LogP contribution in [0.15, 0.2) is 42.5 Å². The summed E-state index contributed by atoms with van der Waals surface area (Å²) in [6.07, 6.45) is 4.17. The molecule has 0 aliphatic heterocycles. The fraction of sp³-hybridized carbons (Fsp3) is 0.500. The Kier molecular flexibility index (Phi) is 8.59. The Labute approximate surface area is 204 Å². The van der Waals surface area contributed by atoms with Crippen molar-refractivity contribution in [2.75, 3.05) is 31.4 Å². The molecule has 1 atom stereocenters. The second-order valence-corrected chi connectivity index (χ2v) is 9.85. The van der Waals surface area contributed by atoms with Crippen molar-refractivity contribution in [3.05, 3.63) is 53.6 Å². The molecule has 184 valence electrons. The maximum atomic E-state index is 13.6. The first-order chi connectivity index (χ1) is 16.2. The minimum absolute atomic E-state index is 0.0195. The monoisotopic (exact) mass is 465 g/mol. The zero-order valence-corrected chi connectivity index (χ0v) is 21.4. The third kappa shape index (κ3) is 6.10. The molecule has 0 unspecified atom stereocenters. The predicted octanol–water partition coefficient (Wildman–Crippen LogP) is 5.58. The van der Waals surface area contributed by atoms with Crippen LogP contribution in [-0.4, -0.2) is 44.0 Å². The van der Waals surface area contributed by atoms with Crippen LogP contribution < -0.4 is 15.0 Å². The standard InChI is InChI=1S/C28H39N3O3/c1-19(2)20(3)31(28(33)22-11-14-25(34-6)15-12-22)18-23-17-24(13-16-26(23)30(4)5)29-27(32)21-9-7-8-10-21/h11-17,19-21H,7-10,18H2,1-6H3,(H,29,32)/t20-/m0/s1. The molecule has 2 aromatic rings. The van der Waals surface area contributed by atoms with Gasteiger partial charge in [0.25, 0.3) is 5.91 Å². The van der Waals surface area contributed by atoms with Crippen LogP contribution in [-0.2, 0) is 11.3 Å². The SMILES string of the molecule is COc1ccc(C(=O)N(Cc2cc(NC(=O)C3CCCC3)ccc2N(C)C)[C@@H](C)C(C)C)cc1. The van der Waals surface area contributed by atoms with E-state index < -0.39 is 0 Å². The van der Waals surface area contributed by atoms with E-state index in [9.17, 15) is 9.59 Å². The zero-order chi connectivity index (χ0) is 24.8. The van der Waals surface area contributed by atoms with Gasteiger partial charge in [-0.2, -0.15) is 0 Å². The maximum absolute atomic E-state index is 13.6. The highest BCUT2D eigenvalue weighted by atomic mass is 16.5. The molecular formula is C28H39N3O3. The van der Waals surface area contributed by atoms with E-state index in [4.69, 9.17) is 4.74 Å². The Balaban J connectivity index is 1.91. The van der Waals surface area contributed by atoms with Crippen molar-refractivity contribution in [3.63, 3.8) is 0 Å². The first-order valence-electron chi connectivity index (χ1n) is 12.3. The Hall–Kier alpha value is -3.02. The summed E-state index contributed by atoms with van der Waals surface area (Å²) in [5.74, 6) is 1.19. The smallest absolute Gasteiger partial charge is 0.254 e. The van der Waals surface area contributed by atoms with Gasteiger partial charge in [-0.25, -0.2) is 0 Å². The lowest BCUT2D eigenvalue weighted by Crippen LogP contribution is -2.41. The van der Waals surface area contributed by atoms with E-state index in [1.807, 2.05) is 66.4 Å². The minimum Gasteiger partial charge on any atom is -0.497 e. The zero-order valence-electron chi connectivity index (χ0n) is 21.4. The second kappa shape index (κ2) is 11.4. The van der Waals surface area contributed by atoms with Crippen LogP contribution in [0.4, 0.5) is 11.4 Å². The predicted molar refractivity (Wildman–Crippen MR) is 139 cm³/mol. The molecular weight excluding hydrogens is 426 g/mol. The number of hydrogen-bond acceptors (Lipinski definition) is 4.